The number of benzene rings is 1. The van der Waals surface area contributed by atoms with Gasteiger partial charge in [0, 0.05) is 32.5 Å². The molecule has 136 valence electrons. The van der Waals surface area contributed by atoms with E-state index in [-0.39, 0.29) is 24.4 Å². The standard InChI is InChI=1S/C19H26N2O4/c1-13(22)21-12-16(23)11-17(21)19(24)20-9-5-7-15(20)10-14-6-3-4-8-18(14)25-2/h3-4,6,8,15-17,23H,5,7,9-12H2,1-2H3/t15?,16-,17+/m0/s1. The Labute approximate surface area is 148 Å². The molecule has 1 aromatic carbocycles. The van der Waals surface area contributed by atoms with Crippen LogP contribution in [-0.2, 0) is 16.0 Å². The van der Waals surface area contributed by atoms with Crippen molar-refractivity contribution in [2.75, 3.05) is 20.2 Å². The van der Waals surface area contributed by atoms with Crippen LogP contribution < -0.4 is 4.74 Å². The van der Waals surface area contributed by atoms with Gasteiger partial charge in [-0.15, -0.1) is 0 Å². The van der Waals surface area contributed by atoms with Crippen LogP contribution in [0.15, 0.2) is 24.3 Å². The molecule has 0 aliphatic carbocycles. The van der Waals surface area contributed by atoms with Gasteiger partial charge in [0.15, 0.2) is 0 Å². The minimum Gasteiger partial charge on any atom is -0.496 e. The molecule has 2 fully saturated rings. The second kappa shape index (κ2) is 7.44. The Morgan fingerprint density at radius 2 is 2.04 bits per heavy atom. The minimum absolute atomic E-state index is 0.0378. The Morgan fingerprint density at radius 3 is 2.76 bits per heavy atom. The van der Waals surface area contributed by atoms with E-state index in [0.29, 0.717) is 13.0 Å². The number of aliphatic hydroxyl groups is 1. The Kier molecular flexibility index (Phi) is 5.27. The fourth-order valence-corrected chi connectivity index (χ4v) is 4.05. The van der Waals surface area contributed by atoms with Gasteiger partial charge in [0.05, 0.1) is 13.2 Å². The summed E-state index contributed by atoms with van der Waals surface area (Å²) in [7, 11) is 1.65. The number of carbonyl (C=O) groups is 2. The maximum absolute atomic E-state index is 13.1. The third-order valence-electron chi connectivity index (χ3n) is 5.28. The highest BCUT2D eigenvalue weighted by Gasteiger charge is 2.42. The van der Waals surface area contributed by atoms with Crippen LogP contribution in [-0.4, -0.2) is 65.1 Å². The normalized spacial score (nSPS) is 26.1. The number of β-amino-alcohol motifs (C(OH)–C–C–N with tert-alkyl or cyclic N) is 1. The zero-order valence-electron chi connectivity index (χ0n) is 14.9. The van der Waals surface area contributed by atoms with Gasteiger partial charge in [-0.2, -0.15) is 0 Å². The summed E-state index contributed by atoms with van der Waals surface area (Å²) in [5, 5.41) is 9.90. The molecule has 2 amide bonds. The lowest BCUT2D eigenvalue weighted by Gasteiger charge is -2.31. The fraction of sp³-hybridized carbons (Fsp3) is 0.579. The number of nitrogens with zero attached hydrogens (tertiary/aromatic N) is 2. The number of likely N-dealkylation sites (tertiary alicyclic amines) is 2. The minimum atomic E-state index is -0.617. The highest BCUT2D eigenvalue weighted by atomic mass is 16.5. The van der Waals surface area contributed by atoms with Gasteiger partial charge in [0.1, 0.15) is 11.8 Å². The third kappa shape index (κ3) is 3.63. The molecule has 6 heteroatoms. The summed E-state index contributed by atoms with van der Waals surface area (Å²) < 4.78 is 5.42. The fourth-order valence-electron chi connectivity index (χ4n) is 4.05. The van der Waals surface area contributed by atoms with E-state index in [1.165, 1.54) is 11.8 Å². The molecule has 1 unspecified atom stereocenters. The first kappa shape index (κ1) is 17.7. The molecular formula is C19H26N2O4. The van der Waals surface area contributed by atoms with Crippen LogP contribution in [0.25, 0.3) is 0 Å². The SMILES string of the molecule is COc1ccccc1CC1CCCN1C(=O)[C@H]1C[C@H](O)CN1C(C)=O. The van der Waals surface area contributed by atoms with E-state index < -0.39 is 12.1 Å². The Balaban J connectivity index is 1.75. The highest BCUT2D eigenvalue weighted by Crippen LogP contribution is 2.29. The second-order valence-electron chi connectivity index (χ2n) is 6.92. The molecule has 0 saturated carbocycles. The summed E-state index contributed by atoms with van der Waals surface area (Å²) in [4.78, 5) is 28.3. The lowest BCUT2D eigenvalue weighted by atomic mass is 10.0. The molecule has 0 bridgehead atoms. The summed E-state index contributed by atoms with van der Waals surface area (Å²) >= 11 is 0. The van der Waals surface area contributed by atoms with Crippen molar-refractivity contribution >= 4 is 11.8 Å². The van der Waals surface area contributed by atoms with E-state index in [2.05, 4.69) is 0 Å². The maximum Gasteiger partial charge on any atom is 0.245 e. The predicted octanol–water partition coefficient (Wildman–Crippen LogP) is 1.21. The molecule has 1 N–H and O–H groups in total. The van der Waals surface area contributed by atoms with Gasteiger partial charge in [-0.3, -0.25) is 9.59 Å². The van der Waals surface area contributed by atoms with Crippen LogP contribution in [0.5, 0.6) is 5.75 Å². The van der Waals surface area contributed by atoms with Crippen LogP contribution in [0.4, 0.5) is 0 Å². The monoisotopic (exact) mass is 346 g/mol. The number of carbonyl (C=O) groups excluding carboxylic acids is 2. The summed E-state index contributed by atoms with van der Waals surface area (Å²) in [6, 6.07) is 7.44. The Morgan fingerprint density at radius 1 is 1.28 bits per heavy atom. The zero-order valence-corrected chi connectivity index (χ0v) is 14.9. The summed E-state index contributed by atoms with van der Waals surface area (Å²) in [5.74, 6) is 0.642. The number of methoxy groups -OCH3 is 1. The molecule has 2 saturated heterocycles. The van der Waals surface area contributed by atoms with Crippen molar-refractivity contribution in [1.82, 2.24) is 9.80 Å². The van der Waals surface area contributed by atoms with Crippen molar-refractivity contribution in [3.63, 3.8) is 0 Å². The number of para-hydroxylation sites is 1. The summed E-state index contributed by atoms with van der Waals surface area (Å²) in [6.45, 7) is 2.41. The largest absolute Gasteiger partial charge is 0.496 e. The second-order valence-corrected chi connectivity index (χ2v) is 6.92. The van der Waals surface area contributed by atoms with E-state index in [1.54, 1.807) is 7.11 Å². The molecule has 3 rings (SSSR count). The van der Waals surface area contributed by atoms with Crippen LogP contribution >= 0.6 is 0 Å². The van der Waals surface area contributed by atoms with E-state index in [0.717, 1.165) is 30.6 Å². The number of hydrogen-bond acceptors (Lipinski definition) is 4. The molecule has 25 heavy (non-hydrogen) atoms. The third-order valence-corrected chi connectivity index (χ3v) is 5.28. The number of amides is 2. The van der Waals surface area contributed by atoms with E-state index in [9.17, 15) is 14.7 Å². The highest BCUT2D eigenvalue weighted by molar-refractivity contribution is 5.88. The van der Waals surface area contributed by atoms with Gasteiger partial charge in [-0.25, -0.2) is 0 Å². The van der Waals surface area contributed by atoms with Gasteiger partial charge in [-0.05, 0) is 30.9 Å². The molecule has 1 aromatic rings. The average molecular weight is 346 g/mol. The molecule has 2 aliphatic rings. The first-order valence-corrected chi connectivity index (χ1v) is 8.89. The summed E-state index contributed by atoms with van der Waals surface area (Å²) in [5.41, 5.74) is 1.09. The zero-order chi connectivity index (χ0) is 18.0. The molecular weight excluding hydrogens is 320 g/mol. The first-order valence-electron chi connectivity index (χ1n) is 8.89. The molecule has 0 aromatic heterocycles. The number of rotatable bonds is 4. The van der Waals surface area contributed by atoms with Gasteiger partial charge in [-0.1, -0.05) is 18.2 Å². The van der Waals surface area contributed by atoms with Gasteiger partial charge < -0.3 is 19.6 Å². The van der Waals surface area contributed by atoms with Crippen LogP contribution in [0.1, 0.15) is 31.7 Å². The molecule has 6 nitrogen and oxygen atoms in total. The number of hydrogen-bond donors (Lipinski definition) is 1. The topological polar surface area (TPSA) is 70.1 Å². The van der Waals surface area contributed by atoms with Gasteiger partial charge in [0.2, 0.25) is 11.8 Å². The van der Waals surface area contributed by atoms with E-state index in [1.807, 2.05) is 29.2 Å². The van der Waals surface area contributed by atoms with E-state index in [4.69, 9.17) is 4.74 Å². The smallest absolute Gasteiger partial charge is 0.245 e. The van der Waals surface area contributed by atoms with E-state index >= 15 is 0 Å². The van der Waals surface area contributed by atoms with Crippen LogP contribution in [0.3, 0.4) is 0 Å². The van der Waals surface area contributed by atoms with Gasteiger partial charge in [0.25, 0.3) is 0 Å². The Hall–Kier alpha value is -2.08. The van der Waals surface area contributed by atoms with Crippen molar-refractivity contribution in [3.8, 4) is 5.75 Å². The first-order chi connectivity index (χ1) is 12.0. The van der Waals surface area contributed by atoms with Crippen molar-refractivity contribution in [3.05, 3.63) is 29.8 Å². The van der Waals surface area contributed by atoms with Crippen molar-refractivity contribution < 1.29 is 19.4 Å². The Bertz CT molecular complexity index is 648. The molecule has 2 aliphatic heterocycles. The van der Waals surface area contributed by atoms with Gasteiger partial charge >= 0.3 is 0 Å². The van der Waals surface area contributed by atoms with Crippen molar-refractivity contribution in [2.24, 2.45) is 0 Å². The van der Waals surface area contributed by atoms with Crippen LogP contribution in [0.2, 0.25) is 0 Å². The maximum atomic E-state index is 13.1. The lowest BCUT2D eigenvalue weighted by molar-refractivity contribution is -0.143. The summed E-state index contributed by atoms with van der Waals surface area (Å²) in [6.07, 6.45) is 2.36. The average Bonchev–Trinajstić information content (AvgIpc) is 3.21. The molecule has 0 radical (unpaired) electrons. The predicted molar refractivity (Wildman–Crippen MR) is 93.2 cm³/mol. The van der Waals surface area contributed by atoms with Crippen molar-refractivity contribution in [1.29, 1.82) is 0 Å². The van der Waals surface area contributed by atoms with Crippen molar-refractivity contribution in [2.45, 2.75) is 50.8 Å². The molecule has 2 heterocycles. The number of aliphatic hydroxyl groups excluding tert-OH is 1. The number of ether oxygens (including phenoxy) is 1. The van der Waals surface area contributed by atoms with Crippen LogP contribution in [0, 0.1) is 0 Å². The molecule has 0 spiro atoms. The lowest BCUT2D eigenvalue weighted by Crippen LogP contribution is -2.49. The quantitative estimate of drug-likeness (QED) is 0.890. The molecule has 3 atom stereocenters.